The minimum Gasteiger partial charge on any atom is -0.324 e. The van der Waals surface area contributed by atoms with Crippen molar-refractivity contribution in [2.24, 2.45) is 0 Å². The van der Waals surface area contributed by atoms with Crippen molar-refractivity contribution < 1.29 is 9.72 Å². The molecule has 0 aliphatic rings. The number of thioether (sulfide) groups is 1. The normalized spacial score (nSPS) is 11.9. The molecule has 0 radical (unpaired) electrons. The molecule has 3 aromatic carbocycles. The van der Waals surface area contributed by atoms with Crippen LogP contribution in [-0.4, -0.2) is 25.6 Å². The number of para-hydroxylation sites is 1. The average molecular weight is 509 g/mol. The zero-order chi connectivity index (χ0) is 25.1. The fourth-order valence-corrected chi connectivity index (χ4v) is 4.61. The van der Waals surface area contributed by atoms with Crippen molar-refractivity contribution in [3.63, 3.8) is 0 Å². The highest BCUT2D eigenvalue weighted by Gasteiger charge is 2.21. The number of nitro groups is 1. The largest absolute Gasteiger partial charge is 0.324 e. The van der Waals surface area contributed by atoms with Gasteiger partial charge < -0.3 is 5.32 Å². The maximum Gasteiger partial charge on any atom is 0.271 e. The summed E-state index contributed by atoms with van der Waals surface area (Å²) < 4.78 is 1.51. The highest BCUT2D eigenvalue weighted by Crippen LogP contribution is 2.29. The molecule has 0 saturated heterocycles. The van der Waals surface area contributed by atoms with E-state index in [2.05, 4.69) is 17.2 Å². The Morgan fingerprint density at radius 1 is 1.17 bits per heavy atom. The summed E-state index contributed by atoms with van der Waals surface area (Å²) in [5.41, 5.74) is 2.18. The molecular formula is C25H21ClN4O4S. The number of benzene rings is 3. The van der Waals surface area contributed by atoms with Gasteiger partial charge >= 0.3 is 0 Å². The van der Waals surface area contributed by atoms with E-state index in [4.69, 9.17) is 11.6 Å². The molecule has 0 aliphatic carbocycles. The summed E-state index contributed by atoms with van der Waals surface area (Å²) in [6, 6.07) is 18.5. The van der Waals surface area contributed by atoms with Crippen molar-refractivity contribution in [2.45, 2.75) is 30.7 Å². The third kappa shape index (κ3) is 5.21. The SMILES string of the molecule is CCc1ccc(-n2c(SC(C)C(=O)Nc3ccc([N+](=O)[O-])cc3Cl)nc3ccccc3c2=O)cc1. The Kier molecular flexibility index (Phi) is 7.18. The van der Waals surface area contributed by atoms with Gasteiger partial charge in [-0.25, -0.2) is 4.98 Å². The molecule has 1 amide bonds. The number of carbonyl (C=O) groups excluding carboxylic acids is 1. The molecule has 1 N–H and O–H groups in total. The molecule has 35 heavy (non-hydrogen) atoms. The number of nitrogens with one attached hydrogen (secondary N) is 1. The molecule has 0 fully saturated rings. The number of nitro benzene ring substituents is 1. The standard InChI is InChI=1S/C25H21ClN4O4S/c1-3-16-8-10-17(11-9-16)29-24(32)19-6-4-5-7-21(19)28-25(29)35-15(2)23(31)27-22-13-12-18(30(33)34)14-20(22)26/h4-15H,3H2,1-2H3,(H,27,31). The minimum atomic E-state index is -0.657. The summed E-state index contributed by atoms with van der Waals surface area (Å²) in [6.07, 6.45) is 0.870. The van der Waals surface area contributed by atoms with Crippen molar-refractivity contribution >= 4 is 51.5 Å². The number of anilines is 1. The highest BCUT2D eigenvalue weighted by molar-refractivity contribution is 8.00. The number of halogens is 1. The summed E-state index contributed by atoms with van der Waals surface area (Å²) in [4.78, 5) is 41.4. The topological polar surface area (TPSA) is 107 Å². The van der Waals surface area contributed by atoms with Crippen LogP contribution < -0.4 is 10.9 Å². The second kappa shape index (κ2) is 10.3. The lowest BCUT2D eigenvalue weighted by Gasteiger charge is -2.17. The van der Waals surface area contributed by atoms with Crippen molar-refractivity contribution in [3.05, 3.63) is 97.8 Å². The van der Waals surface area contributed by atoms with Crippen LogP contribution >= 0.6 is 23.4 Å². The molecule has 4 aromatic rings. The lowest BCUT2D eigenvalue weighted by molar-refractivity contribution is -0.384. The zero-order valence-corrected chi connectivity index (χ0v) is 20.5. The molecule has 10 heteroatoms. The Hall–Kier alpha value is -3.69. The predicted octanol–water partition coefficient (Wildman–Crippen LogP) is 5.63. The first-order chi connectivity index (χ1) is 16.8. The van der Waals surface area contributed by atoms with Crippen molar-refractivity contribution in [1.82, 2.24) is 9.55 Å². The van der Waals surface area contributed by atoms with Gasteiger partial charge in [0.25, 0.3) is 11.2 Å². The predicted molar refractivity (Wildman–Crippen MR) is 139 cm³/mol. The number of fused-ring (bicyclic) bond motifs is 1. The van der Waals surface area contributed by atoms with Gasteiger partial charge in [0.15, 0.2) is 5.16 Å². The Morgan fingerprint density at radius 3 is 2.54 bits per heavy atom. The molecule has 1 aromatic heterocycles. The van der Waals surface area contributed by atoms with E-state index in [0.29, 0.717) is 21.7 Å². The van der Waals surface area contributed by atoms with Gasteiger partial charge in [-0.1, -0.05) is 54.6 Å². The molecule has 1 unspecified atom stereocenters. The first-order valence-corrected chi connectivity index (χ1v) is 12.1. The second-order valence-electron chi connectivity index (χ2n) is 7.74. The number of aromatic nitrogens is 2. The van der Waals surface area contributed by atoms with Gasteiger partial charge in [-0.2, -0.15) is 0 Å². The van der Waals surface area contributed by atoms with Crippen LogP contribution in [0, 0.1) is 10.1 Å². The quantitative estimate of drug-likeness (QED) is 0.150. The Morgan fingerprint density at radius 2 is 1.89 bits per heavy atom. The fourth-order valence-electron chi connectivity index (χ4n) is 3.46. The number of aryl methyl sites for hydroxylation is 1. The third-order valence-electron chi connectivity index (χ3n) is 5.42. The van der Waals surface area contributed by atoms with Crippen LogP contribution in [0.3, 0.4) is 0 Å². The molecule has 0 saturated carbocycles. The van der Waals surface area contributed by atoms with E-state index >= 15 is 0 Å². The van der Waals surface area contributed by atoms with Gasteiger partial charge in [0.05, 0.1) is 37.5 Å². The average Bonchev–Trinajstić information content (AvgIpc) is 2.85. The number of hydrogen-bond donors (Lipinski definition) is 1. The van der Waals surface area contributed by atoms with Gasteiger partial charge in [-0.3, -0.25) is 24.3 Å². The van der Waals surface area contributed by atoms with Crippen LogP contribution in [0.15, 0.2) is 76.7 Å². The Balaban J connectivity index is 1.67. The smallest absolute Gasteiger partial charge is 0.271 e. The number of non-ortho nitro benzene ring substituents is 1. The molecular weight excluding hydrogens is 488 g/mol. The van der Waals surface area contributed by atoms with Crippen LogP contribution in [0.1, 0.15) is 19.4 Å². The van der Waals surface area contributed by atoms with E-state index in [0.717, 1.165) is 23.7 Å². The molecule has 0 bridgehead atoms. The Labute approximate surface area is 210 Å². The maximum absolute atomic E-state index is 13.4. The monoisotopic (exact) mass is 508 g/mol. The highest BCUT2D eigenvalue weighted by atomic mass is 35.5. The maximum atomic E-state index is 13.4. The molecule has 178 valence electrons. The molecule has 1 heterocycles. The van der Waals surface area contributed by atoms with E-state index < -0.39 is 10.2 Å². The van der Waals surface area contributed by atoms with Gasteiger partial charge in [0.2, 0.25) is 5.91 Å². The first kappa shape index (κ1) is 24.4. The molecule has 8 nitrogen and oxygen atoms in total. The molecule has 4 rings (SSSR count). The van der Waals surface area contributed by atoms with Crippen LogP contribution in [0.5, 0.6) is 0 Å². The minimum absolute atomic E-state index is 0.0569. The number of amides is 1. The third-order valence-corrected chi connectivity index (χ3v) is 6.79. The summed E-state index contributed by atoms with van der Waals surface area (Å²) in [5, 5.41) is 13.9. The van der Waals surface area contributed by atoms with Crippen LogP contribution in [-0.2, 0) is 11.2 Å². The number of hydrogen-bond acceptors (Lipinski definition) is 6. The number of nitrogens with zero attached hydrogens (tertiary/aromatic N) is 3. The summed E-state index contributed by atoms with van der Waals surface area (Å²) in [5.74, 6) is -0.388. The van der Waals surface area contributed by atoms with E-state index in [1.54, 1.807) is 31.2 Å². The van der Waals surface area contributed by atoms with E-state index in [1.165, 1.54) is 22.8 Å². The van der Waals surface area contributed by atoms with Crippen molar-refractivity contribution in [2.75, 3.05) is 5.32 Å². The molecule has 0 aliphatic heterocycles. The molecule has 1 atom stereocenters. The lowest BCUT2D eigenvalue weighted by atomic mass is 10.1. The van der Waals surface area contributed by atoms with Gasteiger partial charge in [-0.05, 0) is 49.2 Å². The summed E-state index contributed by atoms with van der Waals surface area (Å²) in [7, 11) is 0. The number of carbonyl (C=O) groups is 1. The summed E-state index contributed by atoms with van der Waals surface area (Å²) in [6.45, 7) is 3.74. The van der Waals surface area contributed by atoms with Crippen LogP contribution in [0.2, 0.25) is 5.02 Å². The van der Waals surface area contributed by atoms with Gasteiger partial charge in [0.1, 0.15) is 0 Å². The lowest BCUT2D eigenvalue weighted by Crippen LogP contribution is -2.26. The molecule has 0 spiro atoms. The van der Waals surface area contributed by atoms with E-state index in [-0.39, 0.29) is 27.9 Å². The first-order valence-electron chi connectivity index (χ1n) is 10.8. The fraction of sp³-hybridized carbons (Fsp3) is 0.160. The second-order valence-corrected chi connectivity index (χ2v) is 9.46. The zero-order valence-electron chi connectivity index (χ0n) is 18.9. The van der Waals surface area contributed by atoms with Crippen LogP contribution in [0.4, 0.5) is 11.4 Å². The Bertz CT molecular complexity index is 1490. The van der Waals surface area contributed by atoms with E-state index in [1.807, 2.05) is 24.3 Å². The van der Waals surface area contributed by atoms with Crippen molar-refractivity contribution in [1.29, 1.82) is 0 Å². The summed E-state index contributed by atoms with van der Waals surface area (Å²) >= 11 is 7.25. The van der Waals surface area contributed by atoms with Crippen LogP contribution in [0.25, 0.3) is 16.6 Å². The van der Waals surface area contributed by atoms with Crippen molar-refractivity contribution in [3.8, 4) is 5.69 Å². The van der Waals surface area contributed by atoms with E-state index in [9.17, 15) is 19.7 Å². The van der Waals surface area contributed by atoms with Gasteiger partial charge in [0, 0.05) is 12.1 Å². The van der Waals surface area contributed by atoms with Gasteiger partial charge in [-0.15, -0.1) is 0 Å². The number of rotatable bonds is 7.